The molecule has 4 heteroatoms. The molecule has 1 heterocycles. The van der Waals surface area contributed by atoms with Crippen molar-refractivity contribution >= 4 is 5.91 Å². The first-order valence-corrected chi connectivity index (χ1v) is 7.34. The van der Waals surface area contributed by atoms with Crippen molar-refractivity contribution in [2.24, 2.45) is 5.73 Å². The number of hydrogen-bond donors (Lipinski definition) is 1. The van der Waals surface area contributed by atoms with E-state index in [1.807, 2.05) is 24.9 Å². The van der Waals surface area contributed by atoms with E-state index in [4.69, 9.17) is 5.73 Å². The molecule has 2 N–H and O–H groups in total. The van der Waals surface area contributed by atoms with Gasteiger partial charge in [0.1, 0.15) is 0 Å². The summed E-state index contributed by atoms with van der Waals surface area (Å²) in [5.41, 5.74) is 7.03. The van der Waals surface area contributed by atoms with E-state index < -0.39 is 0 Å². The van der Waals surface area contributed by atoms with Crippen molar-refractivity contribution in [2.45, 2.75) is 38.4 Å². The van der Waals surface area contributed by atoms with Crippen molar-refractivity contribution < 1.29 is 4.79 Å². The summed E-state index contributed by atoms with van der Waals surface area (Å²) < 4.78 is 0. The minimum atomic E-state index is -0.0632. The van der Waals surface area contributed by atoms with E-state index >= 15 is 0 Å². The fourth-order valence-electron chi connectivity index (χ4n) is 2.74. The zero-order valence-electron chi connectivity index (χ0n) is 12.5. The molecule has 1 aliphatic rings. The monoisotopic (exact) mass is 275 g/mol. The molecule has 2 rings (SSSR count). The molecule has 2 atom stereocenters. The Morgan fingerprint density at radius 1 is 1.45 bits per heavy atom. The normalized spacial score (nSPS) is 20.9. The van der Waals surface area contributed by atoms with Gasteiger partial charge in [0.05, 0.1) is 0 Å². The van der Waals surface area contributed by atoms with Crippen LogP contribution in [0.1, 0.15) is 25.3 Å². The Bertz CT molecular complexity index is 433. The molecule has 0 spiro atoms. The van der Waals surface area contributed by atoms with Gasteiger partial charge in [-0.05, 0) is 18.9 Å². The number of hydrogen-bond acceptors (Lipinski definition) is 3. The van der Waals surface area contributed by atoms with Gasteiger partial charge in [0.2, 0.25) is 5.91 Å². The van der Waals surface area contributed by atoms with Crippen LogP contribution >= 0.6 is 0 Å². The highest BCUT2D eigenvalue weighted by molar-refractivity contribution is 5.76. The summed E-state index contributed by atoms with van der Waals surface area (Å²) in [6.07, 6.45) is 1.49. The van der Waals surface area contributed by atoms with Gasteiger partial charge < -0.3 is 10.6 Å². The second-order valence-electron chi connectivity index (χ2n) is 5.85. The summed E-state index contributed by atoms with van der Waals surface area (Å²) in [6.45, 7) is 4.85. The van der Waals surface area contributed by atoms with Crippen molar-refractivity contribution in [1.82, 2.24) is 9.80 Å². The Morgan fingerprint density at radius 3 is 2.80 bits per heavy atom. The summed E-state index contributed by atoms with van der Waals surface area (Å²) in [5.74, 6) is 0.159. The van der Waals surface area contributed by atoms with E-state index in [1.165, 1.54) is 5.56 Å². The quantitative estimate of drug-likeness (QED) is 0.885. The molecule has 0 radical (unpaired) electrons. The summed E-state index contributed by atoms with van der Waals surface area (Å²) >= 11 is 0. The number of nitrogens with zero attached hydrogens (tertiary/aromatic N) is 2. The first-order valence-electron chi connectivity index (χ1n) is 7.34. The Kier molecular flexibility index (Phi) is 5.15. The number of likely N-dealkylation sites (N-methyl/N-ethyl adjacent to an activating group) is 1. The standard InChI is InChI=1S/C16H25N3O/c1-13(17)10-16(20)18(2)15-8-9-19(12-15)11-14-6-4-3-5-7-14/h3-7,13,15H,8-12,17H2,1-2H3. The van der Waals surface area contributed by atoms with E-state index in [9.17, 15) is 4.79 Å². The predicted octanol–water partition coefficient (Wildman–Crippen LogP) is 1.46. The molecule has 0 saturated carbocycles. The second kappa shape index (κ2) is 6.86. The molecule has 0 aliphatic carbocycles. The summed E-state index contributed by atoms with van der Waals surface area (Å²) in [4.78, 5) is 16.3. The van der Waals surface area contributed by atoms with Gasteiger partial charge in [-0.1, -0.05) is 30.3 Å². The Balaban J connectivity index is 1.84. The molecular weight excluding hydrogens is 250 g/mol. The highest BCUT2D eigenvalue weighted by Gasteiger charge is 2.28. The molecule has 20 heavy (non-hydrogen) atoms. The molecule has 1 fully saturated rings. The number of nitrogens with two attached hydrogens (primary N) is 1. The SMILES string of the molecule is CC(N)CC(=O)N(C)C1CCN(Cc2ccccc2)C1. The molecule has 1 aromatic carbocycles. The third kappa shape index (κ3) is 4.05. The van der Waals surface area contributed by atoms with E-state index in [1.54, 1.807) is 0 Å². The third-order valence-corrected chi connectivity index (χ3v) is 3.93. The van der Waals surface area contributed by atoms with Crippen LogP contribution in [0.2, 0.25) is 0 Å². The van der Waals surface area contributed by atoms with E-state index in [2.05, 4.69) is 29.2 Å². The van der Waals surface area contributed by atoms with Gasteiger partial charge in [-0.3, -0.25) is 9.69 Å². The van der Waals surface area contributed by atoms with Gasteiger partial charge in [0.25, 0.3) is 0 Å². The molecule has 2 unspecified atom stereocenters. The number of rotatable bonds is 5. The molecule has 1 amide bonds. The van der Waals surface area contributed by atoms with Crippen LogP contribution < -0.4 is 5.73 Å². The average Bonchev–Trinajstić information content (AvgIpc) is 2.86. The number of benzene rings is 1. The highest BCUT2D eigenvalue weighted by Crippen LogP contribution is 2.18. The lowest BCUT2D eigenvalue weighted by atomic mass is 10.2. The van der Waals surface area contributed by atoms with Crippen LogP contribution in [0.4, 0.5) is 0 Å². The zero-order valence-corrected chi connectivity index (χ0v) is 12.5. The number of likely N-dealkylation sites (tertiary alicyclic amines) is 1. The summed E-state index contributed by atoms with van der Waals surface area (Å²) in [6, 6.07) is 10.7. The maximum Gasteiger partial charge on any atom is 0.224 e. The van der Waals surface area contributed by atoms with Crippen LogP contribution in [0.15, 0.2) is 30.3 Å². The molecule has 4 nitrogen and oxygen atoms in total. The molecular formula is C16H25N3O. The first kappa shape index (κ1) is 15.0. The lowest BCUT2D eigenvalue weighted by molar-refractivity contribution is -0.132. The Hall–Kier alpha value is -1.39. The van der Waals surface area contributed by atoms with Gasteiger partial charge in [0.15, 0.2) is 0 Å². The van der Waals surface area contributed by atoms with Crippen LogP contribution in [0.25, 0.3) is 0 Å². The number of amides is 1. The lowest BCUT2D eigenvalue weighted by Gasteiger charge is -2.25. The van der Waals surface area contributed by atoms with E-state index in [-0.39, 0.29) is 11.9 Å². The molecule has 1 aliphatic heterocycles. The van der Waals surface area contributed by atoms with Gasteiger partial charge in [0, 0.05) is 45.2 Å². The van der Waals surface area contributed by atoms with Crippen molar-refractivity contribution in [2.75, 3.05) is 20.1 Å². The van der Waals surface area contributed by atoms with Gasteiger partial charge in [-0.2, -0.15) is 0 Å². The summed E-state index contributed by atoms with van der Waals surface area (Å²) in [5, 5.41) is 0. The molecule has 110 valence electrons. The van der Waals surface area contributed by atoms with Crippen LogP contribution in [0.3, 0.4) is 0 Å². The van der Waals surface area contributed by atoms with Crippen molar-refractivity contribution in [3.8, 4) is 0 Å². The topological polar surface area (TPSA) is 49.6 Å². The Morgan fingerprint density at radius 2 is 2.15 bits per heavy atom. The molecule has 1 aromatic rings. The maximum atomic E-state index is 12.0. The lowest BCUT2D eigenvalue weighted by Crippen LogP contribution is -2.40. The molecule has 0 bridgehead atoms. The van der Waals surface area contributed by atoms with Crippen molar-refractivity contribution in [3.05, 3.63) is 35.9 Å². The van der Waals surface area contributed by atoms with Crippen LogP contribution in [-0.2, 0) is 11.3 Å². The Labute approximate surface area is 121 Å². The summed E-state index contributed by atoms with van der Waals surface area (Å²) in [7, 11) is 1.90. The first-order chi connectivity index (χ1) is 9.56. The van der Waals surface area contributed by atoms with Gasteiger partial charge in [-0.25, -0.2) is 0 Å². The van der Waals surface area contributed by atoms with Gasteiger partial charge in [-0.15, -0.1) is 0 Å². The highest BCUT2D eigenvalue weighted by atomic mass is 16.2. The zero-order chi connectivity index (χ0) is 14.5. The number of carbonyl (C=O) groups excluding carboxylic acids is 1. The van der Waals surface area contributed by atoms with E-state index in [0.29, 0.717) is 12.5 Å². The fraction of sp³-hybridized carbons (Fsp3) is 0.562. The van der Waals surface area contributed by atoms with Crippen LogP contribution in [-0.4, -0.2) is 47.9 Å². The van der Waals surface area contributed by atoms with Gasteiger partial charge >= 0.3 is 0 Å². The van der Waals surface area contributed by atoms with Crippen molar-refractivity contribution in [3.63, 3.8) is 0 Å². The molecule has 0 aromatic heterocycles. The fourth-order valence-corrected chi connectivity index (χ4v) is 2.74. The second-order valence-corrected chi connectivity index (χ2v) is 5.85. The number of carbonyl (C=O) groups is 1. The van der Waals surface area contributed by atoms with E-state index in [0.717, 1.165) is 26.1 Å². The minimum Gasteiger partial charge on any atom is -0.341 e. The third-order valence-electron chi connectivity index (χ3n) is 3.93. The minimum absolute atomic E-state index is 0.0632. The average molecular weight is 275 g/mol. The van der Waals surface area contributed by atoms with Crippen LogP contribution in [0, 0.1) is 0 Å². The van der Waals surface area contributed by atoms with Crippen LogP contribution in [0.5, 0.6) is 0 Å². The largest absolute Gasteiger partial charge is 0.341 e. The van der Waals surface area contributed by atoms with Crippen molar-refractivity contribution in [1.29, 1.82) is 0 Å². The molecule has 1 saturated heterocycles. The predicted molar refractivity (Wildman–Crippen MR) is 81.2 cm³/mol. The maximum absolute atomic E-state index is 12.0. The smallest absolute Gasteiger partial charge is 0.224 e.